The lowest BCUT2D eigenvalue weighted by Gasteiger charge is -2.25. The zero-order valence-electron chi connectivity index (χ0n) is 60.0. The van der Waals surface area contributed by atoms with Crippen LogP contribution < -0.4 is 103 Å². The number of phenolic OH excluding ortho intramolecular Hbond substituents is 1. The summed E-state index contributed by atoms with van der Waals surface area (Å²) in [5, 5.41) is 55.6. The summed E-state index contributed by atoms with van der Waals surface area (Å²) in [6.07, 6.45) is 1.75. The number of aliphatic carboxylic acids is 1. The van der Waals surface area contributed by atoms with Gasteiger partial charge in [-0.2, -0.15) is 11.8 Å². The molecular weight excluding hydrogens is 1370 g/mol. The van der Waals surface area contributed by atoms with Gasteiger partial charge < -0.3 is 113 Å². The Morgan fingerprint density at radius 1 is 0.379 bits per heavy atom. The maximum Gasteiger partial charge on any atom is 0.303 e. The number of aliphatic imine (C=N–C) groups is 1. The van der Waals surface area contributed by atoms with Crippen LogP contribution in [-0.2, 0) is 87.9 Å². The number of carbonyl (C=O) groups excluding carboxylic acids is 16. The molecule has 0 saturated heterocycles. The van der Waals surface area contributed by atoms with Gasteiger partial charge in [-0.3, -0.25) is 86.5 Å². The molecule has 0 aliphatic heterocycles. The van der Waals surface area contributed by atoms with Crippen molar-refractivity contribution >= 4 is 118 Å². The average Bonchev–Trinajstić information content (AvgIpc) is 0.879. The maximum absolute atomic E-state index is 13.7. The first-order valence-electron chi connectivity index (χ1n) is 33.2. The normalized spacial score (nSPS) is 15.2. The second-order valence-corrected chi connectivity index (χ2v) is 25.5. The van der Waals surface area contributed by atoms with Gasteiger partial charge in [0.25, 0.3) is 0 Å². The van der Waals surface area contributed by atoms with E-state index < -0.39 is 198 Å². The molecule has 25 N–H and O–H groups in total. The molecule has 0 radical (unpaired) electrons. The van der Waals surface area contributed by atoms with E-state index in [4.69, 9.17) is 22.9 Å². The summed E-state index contributed by atoms with van der Waals surface area (Å²) >= 11 is 1.44. The predicted molar refractivity (Wildman–Crippen MR) is 375 cm³/mol. The molecule has 0 aromatic heterocycles. The Bertz CT molecular complexity index is 3180. The number of carbonyl (C=O) groups is 17. The van der Waals surface area contributed by atoms with Crippen molar-refractivity contribution in [2.75, 3.05) is 25.1 Å². The first-order valence-corrected chi connectivity index (χ1v) is 34.6. The van der Waals surface area contributed by atoms with Gasteiger partial charge in [0.2, 0.25) is 94.5 Å². The summed E-state index contributed by atoms with van der Waals surface area (Å²) in [6.45, 7) is 14.5. The molecule has 0 saturated carbocycles. The summed E-state index contributed by atoms with van der Waals surface area (Å²) < 4.78 is 0. The Hall–Kier alpha value is -10.4. The van der Waals surface area contributed by atoms with Crippen LogP contribution in [0, 0.1) is 0 Å². The Labute approximate surface area is 600 Å². The van der Waals surface area contributed by atoms with Crippen molar-refractivity contribution in [3.63, 3.8) is 0 Å². The summed E-state index contributed by atoms with van der Waals surface area (Å²) in [7, 11) is 0. The Morgan fingerprint density at radius 3 is 0.990 bits per heavy atom. The first kappa shape index (κ1) is 90.6. The third-order valence-corrected chi connectivity index (χ3v) is 15.9. The van der Waals surface area contributed by atoms with E-state index >= 15 is 0 Å². The van der Waals surface area contributed by atoms with Gasteiger partial charge in [0.05, 0.1) is 0 Å². The molecule has 16 amide bonds. The minimum absolute atomic E-state index is 0.0000182. The molecule has 15 atom stereocenters. The summed E-state index contributed by atoms with van der Waals surface area (Å²) in [5.41, 5.74) is 22.4. The van der Waals surface area contributed by atoms with E-state index in [0.717, 1.165) is 0 Å². The quantitative estimate of drug-likeness (QED) is 0.0164. The first-order chi connectivity index (χ1) is 48.1. The van der Waals surface area contributed by atoms with Gasteiger partial charge in [0.15, 0.2) is 5.96 Å². The smallest absolute Gasteiger partial charge is 0.303 e. The van der Waals surface area contributed by atoms with Crippen LogP contribution in [-0.4, -0.2) is 232 Å². The van der Waals surface area contributed by atoms with E-state index in [0.29, 0.717) is 24.2 Å². The number of nitrogens with two attached hydrogens (primary N) is 4. The number of nitrogens with one attached hydrogen (secondary N) is 15. The van der Waals surface area contributed by atoms with Crippen LogP contribution in [0.15, 0.2) is 29.3 Å². The van der Waals surface area contributed by atoms with Crippen LogP contribution >= 0.6 is 11.8 Å². The van der Waals surface area contributed by atoms with Crippen LogP contribution in [0.25, 0.3) is 0 Å². The lowest BCUT2D eigenvalue weighted by Crippen LogP contribution is -2.59. The van der Waals surface area contributed by atoms with Gasteiger partial charge in [0.1, 0.15) is 96.4 Å². The number of guanidine groups is 1. The number of thioether (sulfide) groups is 1. The van der Waals surface area contributed by atoms with Gasteiger partial charge >= 0.3 is 5.97 Å². The number of carboxylic acid groups (broad SMARTS) is 1. The fraction of sp³-hybridized carbons (Fsp3) is 0.619. The van der Waals surface area contributed by atoms with Crippen LogP contribution in [0.2, 0.25) is 0 Å². The monoisotopic (exact) mass is 1480 g/mol. The minimum Gasteiger partial charge on any atom is -0.508 e. The van der Waals surface area contributed by atoms with Crippen molar-refractivity contribution < 1.29 is 91.7 Å². The molecule has 576 valence electrons. The third kappa shape index (κ3) is 35.2. The van der Waals surface area contributed by atoms with Crippen molar-refractivity contribution in [3.8, 4) is 5.75 Å². The molecule has 40 heteroatoms. The number of nitrogens with zero attached hydrogens (tertiary/aromatic N) is 1. The Balaban J connectivity index is 2.92. The molecule has 0 heterocycles. The topological polar surface area (TPSA) is 628 Å². The molecule has 1 aromatic carbocycles. The summed E-state index contributed by atoms with van der Waals surface area (Å²) in [4.78, 5) is 226. The van der Waals surface area contributed by atoms with Crippen LogP contribution in [0.5, 0.6) is 5.75 Å². The van der Waals surface area contributed by atoms with Gasteiger partial charge in [-0.05, 0) is 145 Å². The number of unbranched alkanes of at least 4 members (excludes halogenated alkanes) is 1. The number of rotatable bonds is 46. The standard InChI is InChI=1S/C63H104N20O19S/c1-29(69-46(85)24-27-103-12)49(89)70-30(2)50(90)71-32(4)52(92)76-38(10)58(98)82-44(22-23-47(86)87)61(101)79-36(8)56(96)74-34(6)53(93)75-37(9)57(97)81-43(16-13-14-25-64)60(100)78-35(7)55(95)73-31(3)51(91)72-33(5)54(94)77-39(11)59(99)83-45(28-40-18-20-41(84)21-19-40)62(102)80-42(48(65)88)17-15-26-68-63(66)67/h18-21,29-39,42-45,84H,13-17,22-28,64H2,1-12H3,(H2,65,88)(H,69,85)(H,70,89)(H,71,90)(H,72,91)(H,73,95)(H,74,96)(H,75,93)(H,76,92)(H,77,94)(H,78,100)(H,79,101)(H,80,102)(H,81,97)(H,82,98)(H,83,99)(H,86,87)(H4,66,67,68)/t29-,30-,31-,32-,33-,34-,35-,36-,37-,38-,39-,42-,43-,44-,45-/m0/s1. The number of primary amides is 1. The number of hydrogen-bond donors (Lipinski definition) is 21. The predicted octanol–water partition coefficient (Wildman–Crippen LogP) is -7.29. The summed E-state index contributed by atoms with van der Waals surface area (Å²) in [5.74, 6) is -14.5. The Kier molecular flexibility index (Phi) is 40.6. The highest BCUT2D eigenvalue weighted by Crippen LogP contribution is 2.13. The molecule has 1 aromatic rings. The van der Waals surface area contributed by atoms with Gasteiger partial charge in [-0.25, -0.2) is 0 Å². The van der Waals surface area contributed by atoms with Crippen LogP contribution in [0.1, 0.15) is 133 Å². The minimum atomic E-state index is -1.59. The zero-order chi connectivity index (χ0) is 78.5. The van der Waals surface area contributed by atoms with E-state index in [2.05, 4.69) is 84.7 Å². The molecule has 0 spiro atoms. The number of amides is 16. The van der Waals surface area contributed by atoms with E-state index in [1.165, 1.54) is 112 Å². The number of benzene rings is 1. The molecule has 103 heavy (non-hydrogen) atoms. The van der Waals surface area contributed by atoms with E-state index in [1.807, 2.05) is 6.26 Å². The lowest BCUT2D eigenvalue weighted by molar-refractivity contribution is -0.138. The maximum atomic E-state index is 13.7. The molecule has 0 bridgehead atoms. The fourth-order valence-corrected chi connectivity index (χ4v) is 9.28. The molecule has 0 fully saturated rings. The number of phenols is 1. The molecule has 1 rings (SSSR count). The molecule has 39 nitrogen and oxygen atoms in total. The summed E-state index contributed by atoms with van der Waals surface area (Å²) in [6, 6.07) is -14.0. The molecule has 0 aliphatic carbocycles. The van der Waals surface area contributed by atoms with Crippen LogP contribution in [0.4, 0.5) is 0 Å². The van der Waals surface area contributed by atoms with Crippen molar-refractivity contribution in [1.82, 2.24) is 79.8 Å². The van der Waals surface area contributed by atoms with E-state index in [1.54, 1.807) is 0 Å². The van der Waals surface area contributed by atoms with E-state index in [-0.39, 0.29) is 62.8 Å². The van der Waals surface area contributed by atoms with Crippen LogP contribution in [0.3, 0.4) is 0 Å². The Morgan fingerprint density at radius 2 is 0.670 bits per heavy atom. The van der Waals surface area contributed by atoms with Gasteiger partial charge in [-0.1, -0.05) is 12.1 Å². The van der Waals surface area contributed by atoms with Gasteiger partial charge in [0, 0.05) is 31.6 Å². The van der Waals surface area contributed by atoms with Crippen molar-refractivity contribution in [2.24, 2.45) is 27.9 Å². The number of hydrogen-bond acceptors (Lipinski definition) is 21. The van der Waals surface area contributed by atoms with E-state index in [9.17, 15) is 91.7 Å². The van der Waals surface area contributed by atoms with Crippen molar-refractivity contribution in [1.29, 1.82) is 0 Å². The highest BCUT2D eigenvalue weighted by Gasteiger charge is 2.34. The molecule has 0 unspecified atom stereocenters. The third-order valence-electron chi connectivity index (χ3n) is 15.3. The average molecular weight is 1480 g/mol. The number of aromatic hydroxyl groups is 1. The molecular formula is C63H104N20O19S. The number of carboxylic acids is 1. The van der Waals surface area contributed by atoms with Crippen molar-refractivity contribution in [3.05, 3.63) is 29.8 Å². The fourth-order valence-electron chi connectivity index (χ4n) is 8.89. The lowest BCUT2D eigenvalue weighted by atomic mass is 10.0. The van der Waals surface area contributed by atoms with Gasteiger partial charge in [-0.15, -0.1) is 0 Å². The second kappa shape index (κ2) is 46.2. The zero-order valence-corrected chi connectivity index (χ0v) is 60.8. The molecule has 0 aliphatic rings. The highest BCUT2D eigenvalue weighted by molar-refractivity contribution is 7.98. The van der Waals surface area contributed by atoms with Crippen molar-refractivity contribution in [2.45, 2.75) is 225 Å². The highest BCUT2D eigenvalue weighted by atomic mass is 32.2. The second-order valence-electron chi connectivity index (χ2n) is 24.5. The largest absolute Gasteiger partial charge is 0.508 e. The SMILES string of the molecule is CSCCC(=O)N[C@@H](C)C(=O)N[C@@H](C)C(=O)N[C@@H](C)C(=O)N[C@@H](C)C(=O)N[C@@H](CCC(=O)O)C(=O)N[C@@H](C)C(=O)N[C@@H](C)C(=O)N[C@@H](C)C(=O)N[C@@H](CCCCN)C(=O)N[C@@H](C)C(=O)N[C@@H](C)C(=O)N[C@@H](C)C(=O)N[C@@H](C)C(=O)N[C@@H](Cc1ccc(O)cc1)C(=O)N[C@@H](CCCN=C(N)N)C(N)=O.